The minimum atomic E-state index is -0.189. The van der Waals surface area contributed by atoms with Crippen LogP contribution in [0.25, 0.3) is 11.3 Å². The van der Waals surface area contributed by atoms with Crippen molar-refractivity contribution in [3.8, 4) is 11.3 Å². The molecule has 2 aromatic rings. The van der Waals surface area contributed by atoms with Gasteiger partial charge in [-0.25, -0.2) is 4.39 Å². The molecule has 1 aliphatic rings. The molecule has 25 heavy (non-hydrogen) atoms. The van der Waals surface area contributed by atoms with Crippen LogP contribution in [0.1, 0.15) is 63.6 Å². The summed E-state index contributed by atoms with van der Waals surface area (Å²) in [6.07, 6.45) is 9.76. The number of aryl methyl sites for hydroxylation is 2. The van der Waals surface area contributed by atoms with E-state index in [2.05, 4.69) is 17.1 Å². The fraction of sp³-hybridized carbons (Fsp3) is 0.545. The van der Waals surface area contributed by atoms with E-state index in [9.17, 15) is 4.39 Å². The maximum absolute atomic E-state index is 14.5. The summed E-state index contributed by atoms with van der Waals surface area (Å²) in [6, 6.07) is 9.36. The molecule has 1 heterocycles. The number of hydrogen-bond donors (Lipinski definition) is 0. The lowest BCUT2D eigenvalue weighted by atomic mass is 9.78. The zero-order valence-corrected chi connectivity index (χ0v) is 15.5. The second-order valence-corrected chi connectivity index (χ2v) is 7.41. The third-order valence-electron chi connectivity index (χ3n) is 5.78. The molecule has 0 amide bonds. The Morgan fingerprint density at radius 2 is 1.72 bits per heavy atom. The van der Waals surface area contributed by atoms with Crippen molar-refractivity contribution in [1.82, 2.24) is 10.2 Å². The predicted octanol–water partition coefficient (Wildman–Crippen LogP) is 5.99. The summed E-state index contributed by atoms with van der Waals surface area (Å²) in [5.74, 6) is 1.57. The van der Waals surface area contributed by atoms with Gasteiger partial charge in [0.1, 0.15) is 5.82 Å². The number of nitrogens with zero attached hydrogens (tertiary/aromatic N) is 2. The van der Waals surface area contributed by atoms with Gasteiger partial charge in [-0.2, -0.15) is 10.2 Å². The Hall–Kier alpha value is -1.77. The first-order valence-electron chi connectivity index (χ1n) is 9.81. The van der Waals surface area contributed by atoms with Gasteiger partial charge in [0.2, 0.25) is 0 Å². The van der Waals surface area contributed by atoms with E-state index < -0.39 is 0 Å². The third-order valence-corrected chi connectivity index (χ3v) is 5.78. The smallest absolute Gasteiger partial charge is 0.132 e. The quantitative estimate of drug-likeness (QED) is 0.645. The summed E-state index contributed by atoms with van der Waals surface area (Å²) in [4.78, 5) is 0. The van der Waals surface area contributed by atoms with Crippen molar-refractivity contribution in [3.63, 3.8) is 0 Å². The fourth-order valence-electron chi connectivity index (χ4n) is 3.91. The Morgan fingerprint density at radius 3 is 2.32 bits per heavy atom. The minimum Gasteiger partial charge on any atom is -0.206 e. The van der Waals surface area contributed by atoms with Crippen LogP contribution in [-0.4, -0.2) is 10.2 Å². The topological polar surface area (TPSA) is 25.8 Å². The normalized spacial score (nSPS) is 20.6. The highest BCUT2D eigenvalue weighted by Crippen LogP contribution is 2.33. The molecule has 2 nitrogen and oxygen atoms in total. The number of rotatable bonds is 6. The van der Waals surface area contributed by atoms with E-state index in [1.807, 2.05) is 31.2 Å². The standard InChI is InChI=1S/C22H29FN2/c1-3-16-5-7-17(8-6-16)9-10-18-11-13-20(21(23)15-18)22-14-12-19(4-2)24-25-22/h11-17H,3-10H2,1-2H3/t16-,17-. The lowest BCUT2D eigenvalue weighted by Crippen LogP contribution is -2.14. The second kappa shape index (κ2) is 8.55. The molecule has 1 aromatic heterocycles. The van der Waals surface area contributed by atoms with E-state index in [1.54, 1.807) is 6.07 Å². The van der Waals surface area contributed by atoms with E-state index in [0.717, 1.165) is 35.9 Å². The van der Waals surface area contributed by atoms with Gasteiger partial charge in [0.15, 0.2) is 0 Å². The van der Waals surface area contributed by atoms with Crippen molar-refractivity contribution in [3.05, 3.63) is 47.4 Å². The van der Waals surface area contributed by atoms with E-state index >= 15 is 0 Å². The van der Waals surface area contributed by atoms with Gasteiger partial charge in [0, 0.05) is 5.56 Å². The average molecular weight is 340 g/mol. The van der Waals surface area contributed by atoms with Crippen LogP contribution in [0.4, 0.5) is 4.39 Å². The van der Waals surface area contributed by atoms with Crippen LogP contribution in [0, 0.1) is 17.7 Å². The highest BCUT2D eigenvalue weighted by Gasteiger charge is 2.19. The Morgan fingerprint density at radius 1 is 0.960 bits per heavy atom. The number of hydrogen-bond acceptors (Lipinski definition) is 2. The fourth-order valence-corrected chi connectivity index (χ4v) is 3.91. The van der Waals surface area contributed by atoms with Crippen LogP contribution in [0.5, 0.6) is 0 Å². The van der Waals surface area contributed by atoms with Crippen molar-refractivity contribution < 1.29 is 4.39 Å². The number of aromatic nitrogens is 2. The summed E-state index contributed by atoms with van der Waals surface area (Å²) >= 11 is 0. The number of benzene rings is 1. The lowest BCUT2D eigenvalue weighted by Gasteiger charge is -2.27. The molecule has 3 heteroatoms. The van der Waals surface area contributed by atoms with Gasteiger partial charge in [-0.15, -0.1) is 0 Å². The molecular formula is C22H29FN2. The summed E-state index contributed by atoms with van der Waals surface area (Å²) in [5.41, 5.74) is 3.18. The van der Waals surface area contributed by atoms with Crippen LogP contribution in [0.2, 0.25) is 0 Å². The highest BCUT2D eigenvalue weighted by molar-refractivity contribution is 5.59. The molecule has 0 spiro atoms. The zero-order chi connectivity index (χ0) is 17.6. The summed E-state index contributed by atoms with van der Waals surface area (Å²) < 4.78 is 14.5. The van der Waals surface area contributed by atoms with Crippen molar-refractivity contribution in [1.29, 1.82) is 0 Å². The first kappa shape index (κ1) is 18.0. The maximum Gasteiger partial charge on any atom is 0.132 e. The molecule has 1 aromatic carbocycles. The van der Waals surface area contributed by atoms with Crippen LogP contribution < -0.4 is 0 Å². The van der Waals surface area contributed by atoms with Gasteiger partial charge in [-0.3, -0.25) is 0 Å². The van der Waals surface area contributed by atoms with Crippen LogP contribution in [0.3, 0.4) is 0 Å². The molecular weight excluding hydrogens is 311 g/mol. The molecule has 1 aliphatic carbocycles. The lowest BCUT2D eigenvalue weighted by molar-refractivity contribution is 0.259. The average Bonchev–Trinajstić information content (AvgIpc) is 2.67. The molecule has 1 fully saturated rings. The summed E-state index contributed by atoms with van der Waals surface area (Å²) in [5, 5.41) is 8.29. The van der Waals surface area contributed by atoms with Crippen molar-refractivity contribution in [2.24, 2.45) is 11.8 Å². The number of halogens is 1. The van der Waals surface area contributed by atoms with E-state index in [4.69, 9.17) is 0 Å². The largest absolute Gasteiger partial charge is 0.206 e. The van der Waals surface area contributed by atoms with E-state index in [0.29, 0.717) is 11.3 Å². The van der Waals surface area contributed by atoms with Crippen molar-refractivity contribution in [2.75, 3.05) is 0 Å². The molecule has 0 saturated heterocycles. The van der Waals surface area contributed by atoms with Crippen LogP contribution in [-0.2, 0) is 12.8 Å². The Kier molecular flexibility index (Phi) is 6.17. The summed E-state index contributed by atoms with van der Waals surface area (Å²) in [6.45, 7) is 4.34. The molecule has 134 valence electrons. The molecule has 0 bridgehead atoms. The zero-order valence-electron chi connectivity index (χ0n) is 15.5. The van der Waals surface area contributed by atoms with Gasteiger partial charge < -0.3 is 0 Å². The van der Waals surface area contributed by atoms with Gasteiger partial charge in [-0.05, 0) is 60.9 Å². The molecule has 3 rings (SSSR count). The van der Waals surface area contributed by atoms with E-state index in [1.165, 1.54) is 38.5 Å². The monoisotopic (exact) mass is 340 g/mol. The Bertz CT molecular complexity index is 673. The molecule has 0 radical (unpaired) electrons. The van der Waals surface area contributed by atoms with Gasteiger partial charge in [0.05, 0.1) is 11.4 Å². The third kappa shape index (κ3) is 4.65. The summed E-state index contributed by atoms with van der Waals surface area (Å²) in [7, 11) is 0. The van der Waals surface area contributed by atoms with Crippen molar-refractivity contribution in [2.45, 2.75) is 65.2 Å². The highest BCUT2D eigenvalue weighted by atomic mass is 19.1. The predicted molar refractivity (Wildman–Crippen MR) is 101 cm³/mol. The molecule has 0 N–H and O–H groups in total. The molecule has 0 atom stereocenters. The van der Waals surface area contributed by atoms with E-state index in [-0.39, 0.29) is 5.82 Å². The Balaban J connectivity index is 1.60. The first-order chi connectivity index (χ1) is 12.2. The van der Waals surface area contributed by atoms with Gasteiger partial charge in [-0.1, -0.05) is 52.0 Å². The maximum atomic E-state index is 14.5. The Labute approximate surface area is 150 Å². The van der Waals surface area contributed by atoms with Crippen LogP contribution >= 0.6 is 0 Å². The van der Waals surface area contributed by atoms with Crippen LogP contribution in [0.15, 0.2) is 30.3 Å². The SMILES string of the molecule is CCc1ccc(-c2ccc(CC[C@H]3CC[C@H](CC)CC3)cc2F)nn1. The molecule has 0 unspecified atom stereocenters. The van der Waals surface area contributed by atoms with Crippen molar-refractivity contribution >= 4 is 0 Å². The molecule has 1 saturated carbocycles. The molecule has 0 aliphatic heterocycles. The minimum absolute atomic E-state index is 0.189. The second-order valence-electron chi connectivity index (χ2n) is 7.41. The van der Waals surface area contributed by atoms with Gasteiger partial charge >= 0.3 is 0 Å². The van der Waals surface area contributed by atoms with Gasteiger partial charge in [0.25, 0.3) is 0 Å². The first-order valence-corrected chi connectivity index (χ1v) is 9.81.